The van der Waals surface area contributed by atoms with Gasteiger partial charge in [0.05, 0.1) is 12.6 Å². The summed E-state index contributed by atoms with van der Waals surface area (Å²) in [4.78, 5) is 32.2. The van der Waals surface area contributed by atoms with E-state index in [9.17, 15) is 24.9 Å². The van der Waals surface area contributed by atoms with Gasteiger partial charge in [-0.2, -0.15) is 0 Å². The Balaban J connectivity index is 1.24. The van der Waals surface area contributed by atoms with Gasteiger partial charge >= 0.3 is 0 Å². The highest BCUT2D eigenvalue weighted by molar-refractivity contribution is 5.99. The van der Waals surface area contributed by atoms with Crippen LogP contribution in [0.15, 0.2) is 52.9 Å². The number of carbonyl (C=O) groups excluding carboxylic acids is 2. The molecule has 3 aromatic rings. The lowest BCUT2D eigenvalue weighted by molar-refractivity contribution is -0.304. The largest absolute Gasteiger partial charge is 0.492 e. The molecule has 2 heterocycles. The summed E-state index contributed by atoms with van der Waals surface area (Å²) >= 11 is 0. The Morgan fingerprint density at radius 3 is 2.41 bits per heavy atom. The van der Waals surface area contributed by atoms with Gasteiger partial charge in [0.15, 0.2) is 5.76 Å². The average molecular weight is 544 g/mol. The van der Waals surface area contributed by atoms with Crippen molar-refractivity contribution in [3.05, 3.63) is 65.4 Å². The topological polar surface area (TPSA) is 163 Å². The summed E-state index contributed by atoms with van der Waals surface area (Å²) in [5.41, 5.74) is 3.88. The van der Waals surface area contributed by atoms with Crippen LogP contribution in [0.25, 0.3) is 11.0 Å². The minimum absolute atomic E-state index is 0.187. The van der Waals surface area contributed by atoms with Crippen LogP contribution in [-0.2, 0) is 16.1 Å². The third-order valence-corrected chi connectivity index (χ3v) is 6.23. The number of para-hydroxylation sites is 1. The van der Waals surface area contributed by atoms with E-state index in [4.69, 9.17) is 18.7 Å². The number of hydrogen-bond acceptors (Lipinski definition) is 10. The number of nitrogens with one attached hydrogen (secondary N) is 2. The lowest BCUT2D eigenvalue weighted by atomic mass is 10.0. The van der Waals surface area contributed by atoms with Crippen LogP contribution in [0.5, 0.6) is 5.75 Å². The van der Waals surface area contributed by atoms with Crippen LogP contribution in [0.1, 0.15) is 33.4 Å². The number of fused-ring (bicyclic) bond motifs is 1. The number of furan rings is 1. The van der Waals surface area contributed by atoms with Gasteiger partial charge < -0.3 is 39.4 Å². The molecule has 2 amide bonds. The number of ether oxygens (including phenoxy) is 2. The zero-order chi connectivity index (χ0) is 28.1. The van der Waals surface area contributed by atoms with Gasteiger partial charge in [-0.05, 0) is 51.4 Å². The van der Waals surface area contributed by atoms with Gasteiger partial charge in [-0.25, -0.2) is 10.3 Å². The molecule has 0 radical (unpaired) electrons. The van der Waals surface area contributed by atoms with Crippen molar-refractivity contribution in [1.29, 1.82) is 0 Å². The van der Waals surface area contributed by atoms with E-state index in [2.05, 4.69) is 10.8 Å². The van der Waals surface area contributed by atoms with Crippen LogP contribution in [0.4, 0.5) is 0 Å². The molecule has 1 fully saturated rings. The normalized spacial score (nSPS) is 23.1. The van der Waals surface area contributed by atoms with Crippen LogP contribution in [0.3, 0.4) is 0 Å². The molecule has 0 aliphatic carbocycles. The van der Waals surface area contributed by atoms with E-state index in [1.807, 2.05) is 43.3 Å². The minimum atomic E-state index is -1.54. The number of aliphatic hydroxyl groups excluding tert-OH is 3. The molecule has 5 N–H and O–H groups in total. The predicted molar refractivity (Wildman–Crippen MR) is 139 cm³/mol. The molecule has 1 saturated heterocycles. The maximum Gasteiger partial charge on any atom is 0.287 e. The standard InChI is InChI=1S/C27H33N3O9/c1-15-21(31)22(32)23(33)27(37-15)39-29-25(34)16-8-10-17(11-9-16)36-13-12-28-26(35)24-19(14-30(2)3)18-6-4-5-7-20(18)38-24/h4-11,15,21-23,27,31-33H,12-14H2,1-3H3,(H,28,35)(H,29,34)/t15-,21+,22+,23-,27-/m0/s1. The molecule has 39 heavy (non-hydrogen) atoms. The van der Waals surface area contributed by atoms with E-state index in [0.29, 0.717) is 17.9 Å². The molecule has 0 unspecified atom stereocenters. The lowest BCUT2D eigenvalue weighted by Crippen LogP contribution is -2.58. The summed E-state index contributed by atoms with van der Waals surface area (Å²) in [6.45, 7) is 2.48. The Labute approximate surface area is 225 Å². The second-order valence-electron chi connectivity index (χ2n) is 9.50. The first-order valence-corrected chi connectivity index (χ1v) is 12.5. The summed E-state index contributed by atoms with van der Waals surface area (Å²) in [6, 6.07) is 13.7. The van der Waals surface area contributed by atoms with Crippen LogP contribution >= 0.6 is 0 Å². The molecule has 4 rings (SSSR count). The summed E-state index contributed by atoms with van der Waals surface area (Å²) in [5.74, 6) is -0.191. The Kier molecular flexibility index (Phi) is 9.17. The summed E-state index contributed by atoms with van der Waals surface area (Å²) in [6.07, 6.45) is -6.44. The first-order valence-electron chi connectivity index (χ1n) is 12.5. The lowest BCUT2D eigenvalue weighted by Gasteiger charge is -2.38. The van der Waals surface area contributed by atoms with Gasteiger partial charge in [0.25, 0.3) is 11.8 Å². The molecule has 210 valence electrons. The van der Waals surface area contributed by atoms with Crippen molar-refractivity contribution >= 4 is 22.8 Å². The molecule has 0 saturated carbocycles. The number of benzene rings is 2. The molecule has 0 bridgehead atoms. The van der Waals surface area contributed by atoms with Gasteiger partial charge in [-0.15, -0.1) is 0 Å². The summed E-state index contributed by atoms with van der Waals surface area (Å²) < 4.78 is 16.8. The van der Waals surface area contributed by atoms with Crippen LogP contribution < -0.4 is 15.5 Å². The molecular weight excluding hydrogens is 510 g/mol. The fraction of sp³-hybridized carbons (Fsp3) is 0.407. The fourth-order valence-electron chi connectivity index (χ4n) is 4.15. The monoisotopic (exact) mass is 543 g/mol. The maximum absolute atomic E-state index is 12.8. The Morgan fingerprint density at radius 1 is 0.974 bits per heavy atom. The van der Waals surface area contributed by atoms with Crippen molar-refractivity contribution in [2.24, 2.45) is 0 Å². The summed E-state index contributed by atoms with van der Waals surface area (Å²) in [5, 5.41) is 33.2. The van der Waals surface area contributed by atoms with E-state index in [-0.39, 0.29) is 30.4 Å². The minimum Gasteiger partial charge on any atom is -0.492 e. The molecule has 2 aromatic carbocycles. The first-order chi connectivity index (χ1) is 18.7. The second-order valence-corrected chi connectivity index (χ2v) is 9.50. The molecule has 1 aliphatic rings. The fourth-order valence-corrected chi connectivity index (χ4v) is 4.15. The molecule has 5 atom stereocenters. The third kappa shape index (κ3) is 6.74. The Hall–Kier alpha value is -3.52. The number of amides is 2. The quantitative estimate of drug-likeness (QED) is 0.183. The highest BCUT2D eigenvalue weighted by Crippen LogP contribution is 2.27. The van der Waals surface area contributed by atoms with Crippen molar-refractivity contribution in [3.63, 3.8) is 0 Å². The van der Waals surface area contributed by atoms with Crippen molar-refractivity contribution in [2.45, 2.75) is 44.2 Å². The second kappa shape index (κ2) is 12.6. The predicted octanol–water partition coefficient (Wildman–Crippen LogP) is 0.792. The average Bonchev–Trinajstić information content (AvgIpc) is 3.29. The van der Waals surface area contributed by atoms with Gasteiger partial charge in [-0.3, -0.25) is 9.59 Å². The van der Waals surface area contributed by atoms with E-state index in [1.165, 1.54) is 19.1 Å². The molecule has 12 heteroatoms. The third-order valence-electron chi connectivity index (χ3n) is 6.23. The first kappa shape index (κ1) is 28.5. The van der Waals surface area contributed by atoms with Crippen LogP contribution in [-0.4, -0.2) is 90.0 Å². The van der Waals surface area contributed by atoms with Gasteiger partial charge in [-0.1, -0.05) is 18.2 Å². The highest BCUT2D eigenvalue weighted by atomic mass is 16.8. The van der Waals surface area contributed by atoms with Crippen LogP contribution in [0, 0.1) is 0 Å². The number of rotatable bonds is 10. The number of nitrogens with zero attached hydrogens (tertiary/aromatic N) is 1. The van der Waals surface area contributed by atoms with Crippen LogP contribution in [0.2, 0.25) is 0 Å². The van der Waals surface area contributed by atoms with E-state index in [0.717, 1.165) is 10.9 Å². The van der Waals surface area contributed by atoms with Crippen molar-refractivity contribution in [1.82, 2.24) is 15.7 Å². The van der Waals surface area contributed by atoms with Crippen molar-refractivity contribution < 1.29 is 43.6 Å². The Bertz CT molecular complexity index is 1280. The summed E-state index contributed by atoms with van der Waals surface area (Å²) in [7, 11) is 3.85. The molecule has 1 aliphatic heterocycles. The molecule has 1 aromatic heterocycles. The van der Waals surface area contributed by atoms with E-state index >= 15 is 0 Å². The zero-order valence-corrected chi connectivity index (χ0v) is 21.9. The van der Waals surface area contributed by atoms with E-state index < -0.39 is 36.6 Å². The SMILES string of the molecule is C[C@@H]1O[C@@H](ONC(=O)c2ccc(OCCNC(=O)c3oc4ccccc4c3CN(C)C)cc2)[C@@H](O)[C@H](O)[C@@H]1O. The van der Waals surface area contributed by atoms with Crippen molar-refractivity contribution in [2.75, 3.05) is 27.2 Å². The number of hydrogen-bond donors (Lipinski definition) is 5. The molecule has 12 nitrogen and oxygen atoms in total. The van der Waals surface area contributed by atoms with Gasteiger partial charge in [0.2, 0.25) is 6.29 Å². The maximum atomic E-state index is 12.8. The Morgan fingerprint density at radius 2 is 1.69 bits per heavy atom. The number of aliphatic hydroxyl groups is 3. The zero-order valence-electron chi connectivity index (χ0n) is 21.9. The number of carbonyl (C=O) groups is 2. The van der Waals surface area contributed by atoms with Crippen molar-refractivity contribution in [3.8, 4) is 5.75 Å². The van der Waals surface area contributed by atoms with Gasteiger partial charge in [0, 0.05) is 23.1 Å². The van der Waals surface area contributed by atoms with E-state index in [1.54, 1.807) is 12.1 Å². The molecular formula is C27H33N3O9. The molecule has 0 spiro atoms. The number of hydroxylamine groups is 1. The van der Waals surface area contributed by atoms with Gasteiger partial charge in [0.1, 0.15) is 36.3 Å². The highest BCUT2D eigenvalue weighted by Gasteiger charge is 2.43. The smallest absolute Gasteiger partial charge is 0.287 e.